The molecule has 6 heteroatoms. The molecule has 0 spiro atoms. The first kappa shape index (κ1) is 25.6. The number of benzene rings is 1. The Hall–Kier alpha value is -2.99. The molecule has 0 unspecified atom stereocenters. The summed E-state index contributed by atoms with van der Waals surface area (Å²) in [5.41, 5.74) is 2.27. The summed E-state index contributed by atoms with van der Waals surface area (Å²) in [6, 6.07) is 12.0. The molecule has 0 bridgehead atoms. The highest BCUT2D eigenvalue weighted by atomic mass is 16.3. The highest BCUT2D eigenvalue weighted by Gasteiger charge is 2.46. The van der Waals surface area contributed by atoms with Gasteiger partial charge in [0.15, 0.2) is 0 Å². The van der Waals surface area contributed by atoms with Crippen LogP contribution in [0.2, 0.25) is 0 Å². The van der Waals surface area contributed by atoms with E-state index in [1.165, 1.54) is 0 Å². The first-order chi connectivity index (χ1) is 16.5. The summed E-state index contributed by atoms with van der Waals surface area (Å²) in [6.07, 6.45) is 7.01. The van der Waals surface area contributed by atoms with Crippen LogP contribution < -0.4 is 0 Å². The molecule has 2 heterocycles. The molecule has 1 amide bonds. The van der Waals surface area contributed by atoms with Crippen LogP contribution in [0.5, 0.6) is 0 Å². The van der Waals surface area contributed by atoms with Gasteiger partial charge in [-0.05, 0) is 58.0 Å². The largest absolute Gasteiger partial charge is 0.507 e. The summed E-state index contributed by atoms with van der Waals surface area (Å²) in [6.45, 7) is 9.75. The van der Waals surface area contributed by atoms with Gasteiger partial charge in [0.1, 0.15) is 11.8 Å². The Morgan fingerprint density at radius 1 is 0.971 bits per heavy atom. The maximum Gasteiger partial charge on any atom is 0.295 e. The van der Waals surface area contributed by atoms with Crippen molar-refractivity contribution < 1.29 is 14.7 Å². The Morgan fingerprint density at radius 3 is 2.21 bits per heavy atom. The van der Waals surface area contributed by atoms with Crippen LogP contribution in [0.3, 0.4) is 0 Å². The Labute approximate surface area is 203 Å². The number of amides is 1. The maximum absolute atomic E-state index is 13.1. The van der Waals surface area contributed by atoms with Gasteiger partial charge in [0.05, 0.1) is 11.3 Å². The van der Waals surface area contributed by atoms with Crippen molar-refractivity contribution in [2.24, 2.45) is 0 Å². The van der Waals surface area contributed by atoms with Crippen LogP contribution in [0.25, 0.3) is 5.76 Å². The van der Waals surface area contributed by atoms with Crippen LogP contribution in [0.4, 0.5) is 0 Å². The van der Waals surface area contributed by atoms with Crippen LogP contribution in [-0.4, -0.2) is 57.8 Å². The summed E-state index contributed by atoms with van der Waals surface area (Å²) in [5.74, 6) is -1.37. The lowest BCUT2D eigenvalue weighted by atomic mass is 9.98. The molecule has 2 aromatic rings. The molecule has 1 fully saturated rings. The van der Waals surface area contributed by atoms with E-state index in [-0.39, 0.29) is 11.3 Å². The number of carbonyl (C=O) groups excluding carboxylic acids is 2. The van der Waals surface area contributed by atoms with E-state index in [0.717, 1.165) is 57.3 Å². The number of Topliss-reactive ketones (excluding diaryl/α,β-unsaturated/α-hetero) is 1. The number of carbonyl (C=O) groups is 2. The molecule has 182 valence electrons. The van der Waals surface area contributed by atoms with Crippen molar-refractivity contribution in [1.82, 2.24) is 14.8 Å². The van der Waals surface area contributed by atoms with Crippen LogP contribution in [-0.2, 0) is 9.59 Å². The molecule has 1 saturated heterocycles. The predicted molar refractivity (Wildman–Crippen MR) is 135 cm³/mol. The first-order valence-corrected chi connectivity index (χ1v) is 12.5. The monoisotopic (exact) mass is 463 g/mol. The zero-order valence-corrected chi connectivity index (χ0v) is 20.7. The molecule has 1 N–H and O–H groups in total. The van der Waals surface area contributed by atoms with E-state index in [9.17, 15) is 14.7 Å². The molecule has 1 aromatic carbocycles. The number of likely N-dealkylation sites (tertiary alicyclic amines) is 1. The lowest BCUT2D eigenvalue weighted by Crippen LogP contribution is -2.34. The number of hydrogen-bond acceptors (Lipinski definition) is 5. The number of hydrogen-bond donors (Lipinski definition) is 1. The second-order valence-electron chi connectivity index (χ2n) is 9.02. The van der Waals surface area contributed by atoms with Gasteiger partial charge < -0.3 is 14.9 Å². The summed E-state index contributed by atoms with van der Waals surface area (Å²) >= 11 is 0. The Kier molecular flexibility index (Phi) is 9.40. The quantitative estimate of drug-likeness (QED) is 0.269. The molecule has 1 aromatic heterocycles. The molecular formula is C28H37N3O3. The van der Waals surface area contributed by atoms with Crippen molar-refractivity contribution in [3.8, 4) is 0 Å². The Bertz CT molecular complexity index is 978. The fraction of sp³-hybridized carbons (Fsp3) is 0.464. The molecule has 0 saturated carbocycles. The average molecular weight is 464 g/mol. The van der Waals surface area contributed by atoms with E-state index in [1.54, 1.807) is 35.4 Å². The van der Waals surface area contributed by atoms with Gasteiger partial charge in [-0.2, -0.15) is 0 Å². The minimum atomic E-state index is -0.692. The number of aromatic nitrogens is 1. The van der Waals surface area contributed by atoms with E-state index in [0.29, 0.717) is 17.8 Å². The number of pyridine rings is 1. The number of unbranched alkanes of at least 4 members (excludes halogenated alkanes) is 2. The highest BCUT2D eigenvalue weighted by Crippen LogP contribution is 2.38. The van der Waals surface area contributed by atoms with E-state index >= 15 is 0 Å². The van der Waals surface area contributed by atoms with Crippen LogP contribution in [0, 0.1) is 6.92 Å². The zero-order chi connectivity index (χ0) is 24.5. The second kappa shape index (κ2) is 12.5. The number of aliphatic hydroxyl groups is 1. The molecule has 1 atom stereocenters. The van der Waals surface area contributed by atoms with Gasteiger partial charge in [-0.15, -0.1) is 0 Å². The van der Waals surface area contributed by atoms with Crippen LogP contribution in [0.1, 0.15) is 68.8 Å². The van der Waals surface area contributed by atoms with Gasteiger partial charge >= 0.3 is 0 Å². The normalized spacial score (nSPS) is 17.6. The molecular weight excluding hydrogens is 426 g/mol. The molecule has 0 aliphatic carbocycles. The lowest BCUT2D eigenvalue weighted by Gasteiger charge is -2.27. The van der Waals surface area contributed by atoms with Crippen molar-refractivity contribution in [3.05, 3.63) is 71.1 Å². The van der Waals surface area contributed by atoms with Gasteiger partial charge in [0.25, 0.3) is 11.7 Å². The molecule has 3 rings (SSSR count). The van der Waals surface area contributed by atoms with Gasteiger partial charge in [0.2, 0.25) is 0 Å². The molecule has 1 aliphatic heterocycles. The van der Waals surface area contributed by atoms with Gasteiger partial charge in [-0.25, -0.2) is 0 Å². The van der Waals surface area contributed by atoms with E-state index in [1.807, 2.05) is 25.1 Å². The molecule has 6 nitrogen and oxygen atoms in total. The number of rotatable bonds is 12. The number of aryl methyl sites for hydroxylation is 1. The lowest BCUT2D eigenvalue weighted by molar-refractivity contribution is -0.140. The Morgan fingerprint density at radius 2 is 1.62 bits per heavy atom. The SMILES string of the molecule is CCCCN(CCCC)CCCN1C(=O)C(=O)C(=C(O)c2ccc(C)cc2)[C@H]1c1ccccn1. The van der Waals surface area contributed by atoms with Crippen LogP contribution in [0.15, 0.2) is 54.2 Å². The standard InChI is InChI=1S/C28H37N3O3/c1-4-6-17-30(18-7-5-2)19-10-20-31-25(23-11-8-9-16-29-23)24(27(33)28(31)34)26(32)22-14-12-21(3)13-15-22/h8-9,11-16,25,32H,4-7,10,17-20H2,1-3H3/t25-/m1/s1. The summed E-state index contributed by atoms with van der Waals surface area (Å²) < 4.78 is 0. The molecule has 1 aliphatic rings. The number of ketones is 1. The van der Waals surface area contributed by atoms with Crippen molar-refractivity contribution in [3.63, 3.8) is 0 Å². The van der Waals surface area contributed by atoms with Crippen molar-refractivity contribution in [2.45, 2.75) is 58.9 Å². The Balaban J connectivity index is 1.87. The maximum atomic E-state index is 13.1. The van der Waals surface area contributed by atoms with Crippen molar-refractivity contribution >= 4 is 17.4 Å². The third-order valence-electron chi connectivity index (χ3n) is 6.36. The molecule has 0 radical (unpaired) electrons. The fourth-order valence-corrected chi connectivity index (χ4v) is 4.39. The third-order valence-corrected chi connectivity index (χ3v) is 6.36. The second-order valence-corrected chi connectivity index (χ2v) is 9.02. The smallest absolute Gasteiger partial charge is 0.295 e. The van der Waals surface area contributed by atoms with Crippen LogP contribution >= 0.6 is 0 Å². The predicted octanol–water partition coefficient (Wildman–Crippen LogP) is 5.10. The minimum absolute atomic E-state index is 0.112. The van der Waals surface area contributed by atoms with Gasteiger partial charge in [0, 0.05) is 18.3 Å². The molecule has 34 heavy (non-hydrogen) atoms. The third kappa shape index (κ3) is 6.11. The van der Waals surface area contributed by atoms with E-state index in [4.69, 9.17) is 0 Å². The summed E-state index contributed by atoms with van der Waals surface area (Å²) in [4.78, 5) is 34.7. The summed E-state index contributed by atoms with van der Waals surface area (Å²) in [5, 5.41) is 11.1. The van der Waals surface area contributed by atoms with Crippen molar-refractivity contribution in [1.29, 1.82) is 0 Å². The summed E-state index contributed by atoms with van der Waals surface area (Å²) in [7, 11) is 0. The first-order valence-electron chi connectivity index (χ1n) is 12.5. The number of aliphatic hydroxyl groups excluding tert-OH is 1. The van der Waals surface area contributed by atoms with Gasteiger partial charge in [-0.3, -0.25) is 14.6 Å². The number of nitrogens with zero attached hydrogens (tertiary/aromatic N) is 3. The van der Waals surface area contributed by atoms with Crippen molar-refractivity contribution in [2.75, 3.05) is 26.2 Å². The van der Waals surface area contributed by atoms with Gasteiger partial charge in [-0.1, -0.05) is 62.6 Å². The highest BCUT2D eigenvalue weighted by molar-refractivity contribution is 6.46. The zero-order valence-electron chi connectivity index (χ0n) is 20.7. The van der Waals surface area contributed by atoms with E-state index < -0.39 is 17.7 Å². The minimum Gasteiger partial charge on any atom is -0.507 e. The van der Waals surface area contributed by atoms with E-state index in [2.05, 4.69) is 23.7 Å². The fourth-order valence-electron chi connectivity index (χ4n) is 4.39. The average Bonchev–Trinajstić information content (AvgIpc) is 3.11. The topological polar surface area (TPSA) is 73.7 Å².